The number of ether oxygens (including phenoxy) is 1. The lowest BCUT2D eigenvalue weighted by molar-refractivity contribution is 0.0704. The van der Waals surface area contributed by atoms with Crippen LogP contribution in [0.3, 0.4) is 0 Å². The molecule has 1 aliphatic rings. The van der Waals surface area contributed by atoms with E-state index >= 15 is 0 Å². The SMILES string of the molecule is CCN(C(=O)c1cc(C)cc(C)c1OC)C1CCS(=O)(=O)C1. The number of nitrogens with zero attached hydrogens (tertiary/aromatic N) is 1. The van der Waals surface area contributed by atoms with Crippen molar-refractivity contribution in [2.75, 3.05) is 25.2 Å². The molecule has 2 rings (SSSR count). The number of rotatable bonds is 4. The first-order chi connectivity index (χ1) is 10.3. The van der Waals surface area contributed by atoms with Gasteiger partial charge in [-0.1, -0.05) is 6.07 Å². The Morgan fingerprint density at radius 3 is 2.55 bits per heavy atom. The predicted molar refractivity (Wildman–Crippen MR) is 86.2 cm³/mol. The summed E-state index contributed by atoms with van der Waals surface area (Å²) < 4.78 is 28.8. The molecule has 0 N–H and O–H groups in total. The second-order valence-electron chi connectivity index (χ2n) is 5.81. The molecule has 1 aliphatic heterocycles. The Kier molecular flexibility index (Phi) is 4.80. The van der Waals surface area contributed by atoms with Gasteiger partial charge in [-0.15, -0.1) is 0 Å². The van der Waals surface area contributed by atoms with Crippen molar-refractivity contribution in [3.8, 4) is 5.75 Å². The van der Waals surface area contributed by atoms with Crippen LogP contribution in [0.15, 0.2) is 12.1 Å². The van der Waals surface area contributed by atoms with Crippen LogP contribution in [0, 0.1) is 13.8 Å². The van der Waals surface area contributed by atoms with Crippen LogP contribution in [0.2, 0.25) is 0 Å². The Labute approximate surface area is 132 Å². The smallest absolute Gasteiger partial charge is 0.257 e. The van der Waals surface area contributed by atoms with E-state index in [1.807, 2.05) is 26.8 Å². The maximum atomic E-state index is 12.9. The molecule has 6 heteroatoms. The number of hydrogen-bond donors (Lipinski definition) is 0. The van der Waals surface area contributed by atoms with Gasteiger partial charge in [-0.2, -0.15) is 0 Å². The molecule has 0 radical (unpaired) electrons. The standard InChI is InChI=1S/C16H23NO4S/c1-5-17(13-6-7-22(19,20)10-13)16(18)14-9-11(2)8-12(3)15(14)21-4/h8-9,13H,5-7,10H2,1-4H3. The second kappa shape index (κ2) is 6.28. The summed E-state index contributed by atoms with van der Waals surface area (Å²) in [6, 6.07) is 3.53. The zero-order valence-corrected chi connectivity index (χ0v) is 14.4. The Balaban J connectivity index is 2.37. The number of sulfone groups is 1. The highest BCUT2D eigenvalue weighted by Crippen LogP contribution is 2.28. The fraction of sp³-hybridized carbons (Fsp3) is 0.562. The third kappa shape index (κ3) is 3.27. The summed E-state index contributed by atoms with van der Waals surface area (Å²) in [6.07, 6.45) is 0.509. The summed E-state index contributed by atoms with van der Waals surface area (Å²) in [5.74, 6) is 0.619. The summed E-state index contributed by atoms with van der Waals surface area (Å²) in [7, 11) is -1.48. The average Bonchev–Trinajstić information content (AvgIpc) is 2.78. The van der Waals surface area contributed by atoms with Gasteiger partial charge in [-0.3, -0.25) is 4.79 Å². The Bertz CT molecular complexity index is 682. The van der Waals surface area contributed by atoms with Crippen molar-refractivity contribution in [3.63, 3.8) is 0 Å². The molecule has 1 heterocycles. The van der Waals surface area contributed by atoms with Crippen LogP contribution < -0.4 is 4.74 Å². The van der Waals surface area contributed by atoms with Gasteiger partial charge in [0.15, 0.2) is 9.84 Å². The van der Waals surface area contributed by atoms with Crippen LogP contribution in [-0.2, 0) is 9.84 Å². The van der Waals surface area contributed by atoms with Crippen LogP contribution in [0.25, 0.3) is 0 Å². The van der Waals surface area contributed by atoms with Gasteiger partial charge in [0, 0.05) is 12.6 Å². The van der Waals surface area contributed by atoms with E-state index in [1.54, 1.807) is 18.1 Å². The normalized spacial score (nSPS) is 19.9. The van der Waals surface area contributed by atoms with Crippen LogP contribution in [0.4, 0.5) is 0 Å². The summed E-state index contributed by atoms with van der Waals surface area (Å²) >= 11 is 0. The van der Waals surface area contributed by atoms with E-state index in [0.29, 0.717) is 24.3 Å². The summed E-state index contributed by atoms with van der Waals surface area (Å²) in [4.78, 5) is 14.6. The van der Waals surface area contributed by atoms with Crippen molar-refractivity contribution in [1.29, 1.82) is 0 Å². The van der Waals surface area contributed by atoms with E-state index in [4.69, 9.17) is 4.74 Å². The quantitative estimate of drug-likeness (QED) is 0.849. The first kappa shape index (κ1) is 16.8. The molecule has 1 amide bonds. The summed E-state index contributed by atoms with van der Waals surface area (Å²) in [6.45, 7) is 6.19. The fourth-order valence-corrected chi connectivity index (χ4v) is 4.86. The van der Waals surface area contributed by atoms with Crippen molar-refractivity contribution in [1.82, 2.24) is 4.90 Å². The van der Waals surface area contributed by atoms with Gasteiger partial charge >= 0.3 is 0 Å². The van der Waals surface area contributed by atoms with E-state index in [1.165, 1.54) is 0 Å². The van der Waals surface area contributed by atoms with Crippen molar-refractivity contribution < 1.29 is 17.9 Å². The molecule has 22 heavy (non-hydrogen) atoms. The molecule has 122 valence electrons. The Hall–Kier alpha value is -1.56. The predicted octanol–water partition coefficient (Wildman–Crippen LogP) is 1.96. The highest BCUT2D eigenvalue weighted by molar-refractivity contribution is 7.91. The maximum absolute atomic E-state index is 12.9. The zero-order valence-electron chi connectivity index (χ0n) is 13.5. The lowest BCUT2D eigenvalue weighted by Crippen LogP contribution is -2.41. The molecule has 0 saturated carbocycles. The van der Waals surface area contributed by atoms with Crippen molar-refractivity contribution in [3.05, 3.63) is 28.8 Å². The van der Waals surface area contributed by atoms with Crippen LogP contribution in [0.1, 0.15) is 34.8 Å². The maximum Gasteiger partial charge on any atom is 0.257 e. The number of methoxy groups -OCH3 is 1. The minimum Gasteiger partial charge on any atom is -0.496 e. The van der Waals surface area contributed by atoms with Gasteiger partial charge in [-0.05, 0) is 44.4 Å². The third-order valence-corrected chi connectivity index (χ3v) is 5.85. The number of hydrogen-bond acceptors (Lipinski definition) is 4. The largest absolute Gasteiger partial charge is 0.496 e. The van der Waals surface area contributed by atoms with Crippen molar-refractivity contribution in [2.45, 2.75) is 33.2 Å². The molecule has 1 unspecified atom stereocenters. The van der Waals surface area contributed by atoms with Gasteiger partial charge in [0.25, 0.3) is 5.91 Å². The Morgan fingerprint density at radius 2 is 2.05 bits per heavy atom. The molecule has 1 fully saturated rings. The molecule has 0 aromatic heterocycles. The lowest BCUT2D eigenvalue weighted by atomic mass is 10.0. The molecule has 0 spiro atoms. The van der Waals surface area contributed by atoms with Gasteiger partial charge in [0.1, 0.15) is 5.75 Å². The summed E-state index contributed by atoms with van der Waals surface area (Å²) in [5, 5.41) is 0. The van der Waals surface area contributed by atoms with E-state index in [9.17, 15) is 13.2 Å². The van der Waals surface area contributed by atoms with E-state index in [-0.39, 0.29) is 23.5 Å². The van der Waals surface area contributed by atoms with Crippen LogP contribution in [0.5, 0.6) is 5.75 Å². The lowest BCUT2D eigenvalue weighted by Gasteiger charge is -2.28. The molecule has 1 aromatic rings. The number of aryl methyl sites for hydroxylation is 2. The molecule has 1 atom stereocenters. The highest BCUT2D eigenvalue weighted by atomic mass is 32.2. The number of carbonyl (C=O) groups is 1. The zero-order chi connectivity index (χ0) is 16.5. The molecular formula is C16H23NO4S. The minimum absolute atomic E-state index is 0.0553. The van der Waals surface area contributed by atoms with Gasteiger partial charge in [0.05, 0.1) is 24.2 Å². The Morgan fingerprint density at radius 1 is 1.36 bits per heavy atom. The molecule has 1 aromatic carbocycles. The molecular weight excluding hydrogens is 302 g/mol. The summed E-state index contributed by atoms with van der Waals surface area (Å²) in [5.41, 5.74) is 2.39. The second-order valence-corrected chi connectivity index (χ2v) is 8.04. The van der Waals surface area contributed by atoms with E-state index < -0.39 is 9.84 Å². The average molecular weight is 325 g/mol. The van der Waals surface area contributed by atoms with Crippen molar-refractivity contribution in [2.24, 2.45) is 0 Å². The first-order valence-electron chi connectivity index (χ1n) is 7.45. The van der Waals surface area contributed by atoms with Gasteiger partial charge < -0.3 is 9.64 Å². The monoisotopic (exact) mass is 325 g/mol. The molecule has 0 aliphatic carbocycles. The van der Waals surface area contributed by atoms with E-state index in [0.717, 1.165) is 11.1 Å². The number of amides is 1. The van der Waals surface area contributed by atoms with E-state index in [2.05, 4.69) is 0 Å². The highest BCUT2D eigenvalue weighted by Gasteiger charge is 2.35. The number of benzene rings is 1. The number of carbonyl (C=O) groups excluding carboxylic acids is 1. The molecule has 5 nitrogen and oxygen atoms in total. The first-order valence-corrected chi connectivity index (χ1v) is 9.27. The van der Waals surface area contributed by atoms with Crippen LogP contribution in [-0.4, -0.2) is 50.4 Å². The van der Waals surface area contributed by atoms with Gasteiger partial charge in [-0.25, -0.2) is 8.42 Å². The van der Waals surface area contributed by atoms with Crippen LogP contribution >= 0.6 is 0 Å². The molecule has 0 bridgehead atoms. The molecule has 1 saturated heterocycles. The minimum atomic E-state index is -3.02. The third-order valence-electron chi connectivity index (χ3n) is 4.10. The topological polar surface area (TPSA) is 63.7 Å². The van der Waals surface area contributed by atoms with Gasteiger partial charge in [0.2, 0.25) is 0 Å². The van der Waals surface area contributed by atoms with Crippen molar-refractivity contribution >= 4 is 15.7 Å². The fourth-order valence-electron chi connectivity index (χ4n) is 3.13.